The number of imidazole rings is 1. The number of piperidine rings is 1. The van der Waals surface area contributed by atoms with Gasteiger partial charge in [-0.3, -0.25) is 9.59 Å². The smallest absolute Gasteiger partial charge is 0.260 e. The Morgan fingerprint density at radius 1 is 1.20 bits per heavy atom. The van der Waals surface area contributed by atoms with Crippen molar-refractivity contribution < 1.29 is 4.79 Å². The molecule has 3 aromatic rings. The maximum absolute atomic E-state index is 12.8. The Kier molecular flexibility index (Phi) is 3.87. The van der Waals surface area contributed by atoms with E-state index in [0.29, 0.717) is 13.1 Å². The summed E-state index contributed by atoms with van der Waals surface area (Å²) in [4.78, 5) is 37.3. The third-order valence-electron chi connectivity index (χ3n) is 4.79. The minimum absolute atomic E-state index is 0.162. The number of benzene rings is 1. The molecule has 6 heteroatoms. The monoisotopic (exact) mass is 336 g/mol. The number of pyridine rings is 1. The summed E-state index contributed by atoms with van der Waals surface area (Å²) in [5.41, 5.74) is 2.58. The predicted octanol–water partition coefficient (Wildman–Crippen LogP) is 2.58. The van der Waals surface area contributed by atoms with E-state index >= 15 is 0 Å². The van der Waals surface area contributed by atoms with Gasteiger partial charge >= 0.3 is 0 Å². The van der Waals surface area contributed by atoms with Crippen LogP contribution in [0.2, 0.25) is 0 Å². The third kappa shape index (κ3) is 2.95. The van der Waals surface area contributed by atoms with Crippen molar-refractivity contribution in [2.24, 2.45) is 0 Å². The van der Waals surface area contributed by atoms with Crippen molar-refractivity contribution >= 4 is 16.9 Å². The van der Waals surface area contributed by atoms with Gasteiger partial charge in [-0.1, -0.05) is 12.1 Å². The first-order valence-corrected chi connectivity index (χ1v) is 8.55. The quantitative estimate of drug-likeness (QED) is 0.754. The second-order valence-electron chi connectivity index (χ2n) is 6.61. The number of rotatable bonds is 2. The maximum atomic E-state index is 12.8. The lowest BCUT2D eigenvalue weighted by Gasteiger charge is -2.31. The van der Waals surface area contributed by atoms with Gasteiger partial charge in [0.25, 0.3) is 11.5 Å². The molecule has 6 nitrogen and oxygen atoms in total. The number of H-pyrrole nitrogens is 2. The molecule has 1 atom stereocenters. The minimum Gasteiger partial charge on any atom is -0.342 e. The van der Waals surface area contributed by atoms with Crippen LogP contribution in [0.3, 0.4) is 0 Å². The average molecular weight is 336 g/mol. The molecule has 1 amide bonds. The lowest BCUT2D eigenvalue weighted by molar-refractivity contribution is 0.0703. The molecule has 128 valence electrons. The minimum atomic E-state index is -0.323. The van der Waals surface area contributed by atoms with Crippen LogP contribution in [-0.2, 0) is 0 Å². The lowest BCUT2D eigenvalue weighted by Crippen LogP contribution is -2.41. The SMILES string of the molecule is Cc1ccc(C(=O)N2CCCC(c3nc4ccccc4[nH]3)C2)c(=O)[nH]1. The molecule has 25 heavy (non-hydrogen) atoms. The van der Waals surface area contributed by atoms with E-state index in [9.17, 15) is 9.59 Å². The molecule has 1 aromatic carbocycles. The number of aryl methyl sites for hydroxylation is 1. The van der Waals surface area contributed by atoms with Gasteiger partial charge in [-0.05, 0) is 44.0 Å². The molecule has 1 aliphatic rings. The van der Waals surface area contributed by atoms with E-state index in [2.05, 4.69) is 15.0 Å². The first-order valence-electron chi connectivity index (χ1n) is 8.55. The highest BCUT2D eigenvalue weighted by Crippen LogP contribution is 2.27. The van der Waals surface area contributed by atoms with E-state index in [1.165, 1.54) is 0 Å². The number of carbonyl (C=O) groups excluding carboxylic acids is 1. The number of likely N-dealkylation sites (tertiary alicyclic amines) is 1. The van der Waals surface area contributed by atoms with Crippen molar-refractivity contribution in [3.63, 3.8) is 0 Å². The molecular weight excluding hydrogens is 316 g/mol. The van der Waals surface area contributed by atoms with E-state index in [1.54, 1.807) is 24.0 Å². The van der Waals surface area contributed by atoms with Crippen molar-refractivity contribution in [2.45, 2.75) is 25.7 Å². The second kappa shape index (κ2) is 6.20. The Morgan fingerprint density at radius 3 is 2.84 bits per heavy atom. The molecular formula is C19H20N4O2. The van der Waals surface area contributed by atoms with E-state index in [4.69, 9.17) is 0 Å². The van der Waals surface area contributed by atoms with E-state index in [1.807, 2.05) is 24.3 Å². The number of amides is 1. The van der Waals surface area contributed by atoms with E-state index < -0.39 is 0 Å². The third-order valence-corrected chi connectivity index (χ3v) is 4.79. The summed E-state index contributed by atoms with van der Waals surface area (Å²) in [6.45, 7) is 3.04. The number of hydrogen-bond acceptors (Lipinski definition) is 3. The van der Waals surface area contributed by atoms with Gasteiger partial charge < -0.3 is 14.9 Å². The van der Waals surface area contributed by atoms with Gasteiger partial charge in [0.15, 0.2) is 0 Å². The Morgan fingerprint density at radius 2 is 2.04 bits per heavy atom. The highest BCUT2D eigenvalue weighted by molar-refractivity contribution is 5.94. The number of aromatic nitrogens is 3. The zero-order valence-corrected chi connectivity index (χ0v) is 14.1. The van der Waals surface area contributed by atoms with Gasteiger partial charge in [0.05, 0.1) is 11.0 Å². The number of para-hydroxylation sites is 2. The number of nitrogens with one attached hydrogen (secondary N) is 2. The first kappa shape index (κ1) is 15.6. The summed E-state index contributed by atoms with van der Waals surface area (Å²) in [5.74, 6) is 0.869. The molecule has 1 saturated heterocycles. The summed E-state index contributed by atoms with van der Waals surface area (Å²) < 4.78 is 0. The van der Waals surface area contributed by atoms with Crippen molar-refractivity contribution in [1.29, 1.82) is 0 Å². The highest BCUT2D eigenvalue weighted by atomic mass is 16.2. The number of aromatic amines is 2. The van der Waals surface area contributed by atoms with Crippen LogP contribution < -0.4 is 5.56 Å². The number of fused-ring (bicyclic) bond motifs is 1. The molecule has 0 bridgehead atoms. The summed E-state index contributed by atoms with van der Waals surface area (Å²) in [5, 5.41) is 0. The van der Waals surface area contributed by atoms with Gasteiger partial charge in [-0.25, -0.2) is 4.98 Å². The van der Waals surface area contributed by atoms with Gasteiger partial charge in [0.2, 0.25) is 0 Å². The van der Waals surface area contributed by atoms with Gasteiger partial charge in [0, 0.05) is 24.7 Å². The molecule has 2 N–H and O–H groups in total. The van der Waals surface area contributed by atoms with E-state index in [0.717, 1.165) is 35.4 Å². The van der Waals surface area contributed by atoms with Gasteiger partial charge in [0.1, 0.15) is 11.4 Å². The van der Waals surface area contributed by atoms with Crippen LogP contribution in [-0.4, -0.2) is 38.8 Å². The molecule has 4 rings (SSSR count). The molecule has 0 spiro atoms. The zero-order valence-electron chi connectivity index (χ0n) is 14.1. The van der Waals surface area contributed by atoms with Gasteiger partial charge in [-0.15, -0.1) is 0 Å². The van der Waals surface area contributed by atoms with Crippen LogP contribution in [0.15, 0.2) is 41.2 Å². The fourth-order valence-corrected chi connectivity index (χ4v) is 3.46. The first-order chi connectivity index (χ1) is 12.1. The van der Waals surface area contributed by atoms with Crippen LogP contribution in [0.1, 0.15) is 40.6 Å². The van der Waals surface area contributed by atoms with Crippen LogP contribution in [0.4, 0.5) is 0 Å². The Balaban J connectivity index is 1.58. The molecule has 0 radical (unpaired) electrons. The van der Waals surface area contributed by atoms with Crippen molar-refractivity contribution in [3.05, 3.63) is 63.8 Å². The largest absolute Gasteiger partial charge is 0.342 e. The standard InChI is InChI=1S/C19H20N4O2/c1-12-8-9-14(18(24)20-12)19(25)23-10-4-5-13(11-23)17-21-15-6-2-3-7-16(15)22-17/h2-3,6-9,13H,4-5,10-11H2,1H3,(H,20,24)(H,21,22). The average Bonchev–Trinajstić information content (AvgIpc) is 3.05. The Bertz CT molecular complexity index is 955. The molecule has 0 aliphatic carbocycles. The number of carbonyl (C=O) groups is 1. The number of hydrogen-bond donors (Lipinski definition) is 2. The molecule has 1 unspecified atom stereocenters. The molecule has 3 heterocycles. The Hall–Kier alpha value is -2.89. The fourth-order valence-electron chi connectivity index (χ4n) is 3.46. The van der Waals surface area contributed by atoms with Crippen LogP contribution >= 0.6 is 0 Å². The molecule has 2 aromatic heterocycles. The molecule has 1 fully saturated rings. The van der Waals surface area contributed by atoms with E-state index in [-0.39, 0.29) is 22.9 Å². The molecule has 0 saturated carbocycles. The maximum Gasteiger partial charge on any atom is 0.260 e. The summed E-state index contributed by atoms with van der Waals surface area (Å²) in [7, 11) is 0. The second-order valence-corrected chi connectivity index (χ2v) is 6.61. The lowest BCUT2D eigenvalue weighted by atomic mass is 9.97. The number of nitrogens with zero attached hydrogens (tertiary/aromatic N) is 2. The van der Waals surface area contributed by atoms with Crippen molar-refractivity contribution in [1.82, 2.24) is 19.9 Å². The fraction of sp³-hybridized carbons (Fsp3) is 0.316. The topological polar surface area (TPSA) is 81.8 Å². The summed E-state index contributed by atoms with van der Waals surface area (Å²) in [6.07, 6.45) is 1.88. The molecule has 1 aliphatic heterocycles. The summed E-state index contributed by atoms with van der Waals surface area (Å²) in [6, 6.07) is 11.3. The Labute approximate surface area is 144 Å². The van der Waals surface area contributed by atoms with Crippen molar-refractivity contribution in [3.8, 4) is 0 Å². The van der Waals surface area contributed by atoms with Gasteiger partial charge in [-0.2, -0.15) is 0 Å². The van der Waals surface area contributed by atoms with Crippen LogP contribution in [0.25, 0.3) is 11.0 Å². The normalized spacial score (nSPS) is 17.8. The van der Waals surface area contributed by atoms with Crippen LogP contribution in [0.5, 0.6) is 0 Å². The highest BCUT2D eigenvalue weighted by Gasteiger charge is 2.28. The zero-order chi connectivity index (χ0) is 17.4. The predicted molar refractivity (Wildman–Crippen MR) is 95.8 cm³/mol. The van der Waals surface area contributed by atoms with Crippen molar-refractivity contribution in [2.75, 3.05) is 13.1 Å². The van der Waals surface area contributed by atoms with Crippen LogP contribution in [0, 0.1) is 6.92 Å². The summed E-state index contributed by atoms with van der Waals surface area (Å²) >= 11 is 0.